The SMILES string of the molecule is Cn1cccc1C(=O)NC(=O)COC(=O)C1CCN(S(C)(=O)=O)CC1. The Bertz CT molecular complexity index is 762. The average Bonchev–Trinajstić information content (AvgIpc) is 2.98. The minimum Gasteiger partial charge on any atom is -0.455 e. The highest BCUT2D eigenvalue weighted by Crippen LogP contribution is 2.20. The Kier molecular flexibility index (Phi) is 5.96. The van der Waals surface area contributed by atoms with E-state index in [0.717, 1.165) is 6.26 Å². The summed E-state index contributed by atoms with van der Waals surface area (Å²) < 4.78 is 30.7. The second kappa shape index (κ2) is 7.79. The number of carbonyl (C=O) groups excluding carboxylic acids is 3. The smallest absolute Gasteiger partial charge is 0.309 e. The molecule has 0 aliphatic carbocycles. The van der Waals surface area contributed by atoms with Gasteiger partial charge in [-0.3, -0.25) is 19.7 Å². The zero-order chi connectivity index (χ0) is 18.6. The monoisotopic (exact) mass is 371 g/mol. The van der Waals surface area contributed by atoms with E-state index in [1.165, 1.54) is 4.31 Å². The van der Waals surface area contributed by atoms with E-state index < -0.39 is 40.3 Å². The molecule has 0 spiro atoms. The van der Waals surface area contributed by atoms with Crippen LogP contribution in [-0.2, 0) is 31.4 Å². The van der Waals surface area contributed by atoms with E-state index in [9.17, 15) is 22.8 Å². The highest BCUT2D eigenvalue weighted by Gasteiger charge is 2.30. The van der Waals surface area contributed by atoms with E-state index in [2.05, 4.69) is 5.32 Å². The number of sulfonamides is 1. The molecular formula is C15H21N3O6S. The summed E-state index contributed by atoms with van der Waals surface area (Å²) in [4.78, 5) is 35.6. The molecule has 9 nitrogen and oxygen atoms in total. The molecular weight excluding hydrogens is 350 g/mol. The first-order chi connectivity index (χ1) is 11.7. The van der Waals surface area contributed by atoms with Gasteiger partial charge in [-0.05, 0) is 25.0 Å². The van der Waals surface area contributed by atoms with Crippen molar-refractivity contribution in [3.05, 3.63) is 24.0 Å². The summed E-state index contributed by atoms with van der Waals surface area (Å²) in [6, 6.07) is 3.23. The lowest BCUT2D eigenvalue weighted by molar-refractivity contribution is -0.153. The highest BCUT2D eigenvalue weighted by atomic mass is 32.2. The lowest BCUT2D eigenvalue weighted by Crippen LogP contribution is -2.41. The molecule has 0 unspecified atom stereocenters. The maximum Gasteiger partial charge on any atom is 0.309 e. The Hall–Kier alpha value is -2.20. The van der Waals surface area contributed by atoms with Gasteiger partial charge in [0.05, 0.1) is 12.2 Å². The van der Waals surface area contributed by atoms with Crippen molar-refractivity contribution in [2.24, 2.45) is 13.0 Å². The summed E-state index contributed by atoms with van der Waals surface area (Å²) in [5, 5.41) is 2.14. The van der Waals surface area contributed by atoms with Gasteiger partial charge >= 0.3 is 5.97 Å². The average molecular weight is 371 g/mol. The van der Waals surface area contributed by atoms with Crippen molar-refractivity contribution in [2.45, 2.75) is 12.8 Å². The number of esters is 1. The van der Waals surface area contributed by atoms with Gasteiger partial charge in [0.1, 0.15) is 5.69 Å². The van der Waals surface area contributed by atoms with Gasteiger partial charge in [0.15, 0.2) is 6.61 Å². The molecule has 0 bridgehead atoms. The fourth-order valence-electron chi connectivity index (χ4n) is 2.60. The molecule has 1 aliphatic rings. The lowest BCUT2D eigenvalue weighted by Gasteiger charge is -2.28. The van der Waals surface area contributed by atoms with E-state index >= 15 is 0 Å². The van der Waals surface area contributed by atoms with Gasteiger partial charge in [0.25, 0.3) is 11.8 Å². The maximum absolute atomic E-state index is 12.0. The second-order valence-corrected chi connectivity index (χ2v) is 7.91. The van der Waals surface area contributed by atoms with Crippen LogP contribution < -0.4 is 5.32 Å². The predicted octanol–water partition coefficient (Wildman–Crippen LogP) is -0.504. The molecule has 2 amide bonds. The Labute approximate surface area is 146 Å². The van der Waals surface area contributed by atoms with Crippen molar-refractivity contribution in [1.82, 2.24) is 14.2 Å². The molecule has 0 aromatic carbocycles. The molecule has 1 N–H and O–H groups in total. The molecule has 2 rings (SSSR count). The van der Waals surface area contributed by atoms with E-state index in [0.29, 0.717) is 18.5 Å². The van der Waals surface area contributed by atoms with E-state index in [1.54, 1.807) is 29.9 Å². The van der Waals surface area contributed by atoms with Crippen molar-refractivity contribution in [2.75, 3.05) is 26.0 Å². The largest absolute Gasteiger partial charge is 0.455 e. The predicted molar refractivity (Wildman–Crippen MR) is 88.0 cm³/mol. The minimum absolute atomic E-state index is 0.247. The van der Waals surface area contributed by atoms with Gasteiger partial charge < -0.3 is 9.30 Å². The van der Waals surface area contributed by atoms with Crippen LogP contribution in [0.1, 0.15) is 23.3 Å². The van der Waals surface area contributed by atoms with Gasteiger partial charge in [0.2, 0.25) is 10.0 Å². The Morgan fingerprint density at radius 1 is 1.28 bits per heavy atom. The van der Waals surface area contributed by atoms with Crippen molar-refractivity contribution in [3.63, 3.8) is 0 Å². The van der Waals surface area contributed by atoms with Crippen LogP contribution >= 0.6 is 0 Å². The first-order valence-corrected chi connectivity index (χ1v) is 9.60. The van der Waals surface area contributed by atoms with Crippen LogP contribution in [0.4, 0.5) is 0 Å². The molecule has 10 heteroatoms. The number of carbonyl (C=O) groups is 3. The van der Waals surface area contributed by atoms with Gasteiger partial charge in [-0.2, -0.15) is 0 Å². The third-order valence-corrected chi connectivity index (χ3v) is 5.33. The number of nitrogens with zero attached hydrogens (tertiary/aromatic N) is 2. The summed E-state index contributed by atoms with van der Waals surface area (Å²) in [7, 11) is -1.59. The van der Waals surface area contributed by atoms with Crippen LogP contribution in [0.25, 0.3) is 0 Å². The van der Waals surface area contributed by atoms with Crippen LogP contribution in [0.15, 0.2) is 18.3 Å². The fraction of sp³-hybridized carbons (Fsp3) is 0.533. The number of nitrogens with one attached hydrogen (secondary N) is 1. The molecule has 0 atom stereocenters. The number of aromatic nitrogens is 1. The lowest BCUT2D eigenvalue weighted by atomic mass is 9.98. The zero-order valence-corrected chi connectivity index (χ0v) is 14.9. The Morgan fingerprint density at radius 2 is 1.92 bits per heavy atom. The van der Waals surface area contributed by atoms with Gasteiger partial charge in [0, 0.05) is 26.3 Å². The number of hydrogen-bond donors (Lipinski definition) is 1. The van der Waals surface area contributed by atoms with Crippen molar-refractivity contribution >= 4 is 27.8 Å². The molecule has 0 saturated carbocycles. The van der Waals surface area contributed by atoms with Gasteiger partial charge in [-0.25, -0.2) is 12.7 Å². The quantitative estimate of drug-likeness (QED) is 0.698. The molecule has 1 aliphatic heterocycles. The van der Waals surface area contributed by atoms with E-state index in [1.807, 2.05) is 0 Å². The summed E-state index contributed by atoms with van der Waals surface area (Å²) >= 11 is 0. The van der Waals surface area contributed by atoms with Crippen LogP contribution in [0.5, 0.6) is 0 Å². The third kappa shape index (κ3) is 5.13. The first kappa shape index (κ1) is 19.1. The van der Waals surface area contributed by atoms with Crippen LogP contribution in [0.3, 0.4) is 0 Å². The molecule has 25 heavy (non-hydrogen) atoms. The van der Waals surface area contributed by atoms with Crippen LogP contribution in [0.2, 0.25) is 0 Å². The normalized spacial score (nSPS) is 16.4. The molecule has 1 aromatic rings. The topological polar surface area (TPSA) is 115 Å². The number of ether oxygens (including phenoxy) is 1. The van der Waals surface area contributed by atoms with Crippen molar-refractivity contribution < 1.29 is 27.5 Å². The van der Waals surface area contributed by atoms with Crippen molar-refractivity contribution in [1.29, 1.82) is 0 Å². The number of piperidine rings is 1. The number of imide groups is 1. The summed E-state index contributed by atoms with van der Waals surface area (Å²) in [6.45, 7) is -0.0607. The Balaban J connectivity index is 1.76. The summed E-state index contributed by atoms with van der Waals surface area (Å²) in [5.41, 5.74) is 0.313. The van der Waals surface area contributed by atoms with Gasteiger partial charge in [-0.15, -0.1) is 0 Å². The molecule has 0 radical (unpaired) electrons. The van der Waals surface area contributed by atoms with E-state index in [4.69, 9.17) is 4.74 Å². The Morgan fingerprint density at radius 3 is 2.44 bits per heavy atom. The summed E-state index contributed by atoms with van der Waals surface area (Å²) in [5.74, 6) is -2.30. The molecule has 1 aromatic heterocycles. The van der Waals surface area contributed by atoms with Crippen molar-refractivity contribution in [3.8, 4) is 0 Å². The highest BCUT2D eigenvalue weighted by molar-refractivity contribution is 7.88. The fourth-order valence-corrected chi connectivity index (χ4v) is 3.48. The molecule has 1 fully saturated rings. The maximum atomic E-state index is 12.0. The number of amides is 2. The van der Waals surface area contributed by atoms with E-state index in [-0.39, 0.29) is 13.1 Å². The minimum atomic E-state index is -3.26. The van der Waals surface area contributed by atoms with Crippen LogP contribution in [0, 0.1) is 5.92 Å². The number of aryl methyl sites for hydroxylation is 1. The molecule has 2 heterocycles. The molecule has 1 saturated heterocycles. The van der Waals surface area contributed by atoms with Crippen LogP contribution in [-0.4, -0.2) is 61.0 Å². The molecule has 138 valence electrons. The zero-order valence-electron chi connectivity index (χ0n) is 14.1. The number of rotatable bonds is 5. The first-order valence-electron chi connectivity index (χ1n) is 7.75. The standard InChI is InChI=1S/C15H21N3O6S/c1-17-7-3-4-12(17)14(20)16-13(19)10-24-15(21)11-5-8-18(9-6-11)25(2,22)23/h3-4,7,11H,5-6,8-10H2,1-2H3,(H,16,19,20). The number of hydrogen-bond acceptors (Lipinski definition) is 6. The van der Waals surface area contributed by atoms with Gasteiger partial charge in [-0.1, -0.05) is 0 Å². The third-order valence-electron chi connectivity index (χ3n) is 4.03. The summed E-state index contributed by atoms with van der Waals surface area (Å²) in [6.07, 6.45) is 3.48. The second-order valence-electron chi connectivity index (χ2n) is 5.93.